The van der Waals surface area contributed by atoms with Crippen molar-refractivity contribution in [3.05, 3.63) is 30.5 Å². The molecule has 1 aromatic carbocycles. The van der Waals surface area contributed by atoms with Gasteiger partial charge in [0.1, 0.15) is 25.0 Å². The van der Waals surface area contributed by atoms with E-state index in [1.54, 1.807) is 0 Å². The molecule has 0 aliphatic carbocycles. The minimum atomic E-state index is -0.471. The second-order valence-corrected chi connectivity index (χ2v) is 6.21. The Kier molecular flexibility index (Phi) is 4.35. The van der Waals surface area contributed by atoms with Gasteiger partial charge in [0.05, 0.1) is 20.1 Å². The highest BCUT2D eigenvalue weighted by atomic mass is 16.5. The summed E-state index contributed by atoms with van der Waals surface area (Å²) in [5.74, 6) is 0.817. The number of quaternary nitrogens is 1. The predicted octanol–water partition coefficient (Wildman–Crippen LogP) is 2.39. The topological polar surface area (TPSA) is 45.2 Å². The van der Waals surface area contributed by atoms with Gasteiger partial charge in [-0.3, -0.25) is 0 Å². The van der Waals surface area contributed by atoms with E-state index in [0.717, 1.165) is 21.1 Å². The fourth-order valence-electron chi connectivity index (χ4n) is 2.18. The molecule has 1 unspecified atom stereocenters. The molecule has 0 radical (unpaired) electrons. The van der Waals surface area contributed by atoms with Gasteiger partial charge in [0.15, 0.2) is 0 Å². The number of nitrogens with zero attached hydrogens (tertiary/aromatic N) is 1. The SMILES string of the molecule is CC(C)[N+](C)(C)CC(O)COc1cccc2[nH]ccc12. The molecule has 0 fully saturated rings. The molecule has 2 N–H and O–H groups in total. The van der Waals surface area contributed by atoms with Crippen molar-refractivity contribution in [2.75, 3.05) is 27.2 Å². The number of rotatable bonds is 6. The van der Waals surface area contributed by atoms with E-state index in [1.165, 1.54) is 0 Å². The molecule has 2 aromatic rings. The van der Waals surface area contributed by atoms with Crippen molar-refractivity contribution >= 4 is 10.9 Å². The van der Waals surface area contributed by atoms with Crippen molar-refractivity contribution in [2.45, 2.75) is 26.0 Å². The van der Waals surface area contributed by atoms with Crippen LogP contribution in [-0.2, 0) is 0 Å². The Hall–Kier alpha value is -1.52. The molecule has 0 spiro atoms. The van der Waals surface area contributed by atoms with Gasteiger partial charge in [-0.15, -0.1) is 0 Å². The smallest absolute Gasteiger partial charge is 0.137 e. The normalized spacial score (nSPS) is 13.9. The van der Waals surface area contributed by atoms with Crippen LogP contribution in [0.1, 0.15) is 13.8 Å². The third-order valence-electron chi connectivity index (χ3n) is 4.07. The second-order valence-electron chi connectivity index (χ2n) is 6.21. The summed E-state index contributed by atoms with van der Waals surface area (Å²) >= 11 is 0. The van der Waals surface area contributed by atoms with Gasteiger partial charge in [0.25, 0.3) is 0 Å². The zero-order chi connectivity index (χ0) is 14.8. The standard InChI is InChI=1S/C16H25N2O2/c1-12(2)18(3,4)10-13(19)11-20-16-7-5-6-15-14(16)8-9-17-15/h5-9,12-13,17,19H,10-11H2,1-4H3/q+1. The molecular formula is C16H25N2O2+. The van der Waals surface area contributed by atoms with E-state index < -0.39 is 6.10 Å². The Morgan fingerprint density at radius 2 is 2.00 bits per heavy atom. The highest BCUT2D eigenvalue weighted by Crippen LogP contribution is 2.24. The maximum atomic E-state index is 10.2. The van der Waals surface area contributed by atoms with Gasteiger partial charge in [-0.2, -0.15) is 0 Å². The third kappa shape index (κ3) is 3.32. The monoisotopic (exact) mass is 277 g/mol. The van der Waals surface area contributed by atoms with E-state index in [0.29, 0.717) is 19.2 Å². The van der Waals surface area contributed by atoms with Crippen LogP contribution in [0.3, 0.4) is 0 Å². The van der Waals surface area contributed by atoms with Crippen LogP contribution in [0.4, 0.5) is 0 Å². The second kappa shape index (κ2) is 5.85. The van der Waals surface area contributed by atoms with E-state index in [2.05, 4.69) is 32.9 Å². The quantitative estimate of drug-likeness (QED) is 0.796. The van der Waals surface area contributed by atoms with Gasteiger partial charge < -0.3 is 19.3 Å². The molecule has 20 heavy (non-hydrogen) atoms. The maximum absolute atomic E-state index is 10.2. The number of aromatic amines is 1. The average Bonchev–Trinajstić information content (AvgIpc) is 2.84. The highest BCUT2D eigenvalue weighted by Gasteiger charge is 2.24. The number of nitrogens with one attached hydrogen (secondary N) is 1. The first-order chi connectivity index (χ1) is 9.40. The Balaban J connectivity index is 1.97. The lowest BCUT2D eigenvalue weighted by Crippen LogP contribution is -2.51. The molecule has 4 heteroatoms. The lowest BCUT2D eigenvalue weighted by atomic mass is 10.2. The molecule has 0 saturated heterocycles. The summed E-state index contributed by atoms with van der Waals surface area (Å²) in [4.78, 5) is 3.16. The molecule has 0 amide bonds. The zero-order valence-corrected chi connectivity index (χ0v) is 12.8. The highest BCUT2D eigenvalue weighted by molar-refractivity contribution is 5.85. The third-order valence-corrected chi connectivity index (χ3v) is 4.07. The van der Waals surface area contributed by atoms with Crippen LogP contribution in [0.2, 0.25) is 0 Å². The summed E-state index contributed by atoms with van der Waals surface area (Å²) in [6.45, 7) is 5.32. The first-order valence-corrected chi connectivity index (χ1v) is 7.10. The first-order valence-electron chi connectivity index (χ1n) is 7.10. The minimum Gasteiger partial charge on any atom is -0.490 e. The fourth-order valence-corrected chi connectivity index (χ4v) is 2.18. The number of benzene rings is 1. The Labute approximate surface area is 120 Å². The molecule has 0 saturated carbocycles. The van der Waals surface area contributed by atoms with Crippen molar-refractivity contribution in [3.8, 4) is 5.75 Å². The molecule has 0 bridgehead atoms. The summed E-state index contributed by atoms with van der Waals surface area (Å²) in [5.41, 5.74) is 1.05. The molecule has 110 valence electrons. The average molecular weight is 277 g/mol. The first kappa shape index (κ1) is 14.9. The van der Waals surface area contributed by atoms with Crippen molar-refractivity contribution in [3.63, 3.8) is 0 Å². The molecule has 1 heterocycles. The van der Waals surface area contributed by atoms with Crippen molar-refractivity contribution in [1.82, 2.24) is 4.98 Å². The molecule has 0 aliphatic rings. The van der Waals surface area contributed by atoms with Crippen LogP contribution in [-0.4, -0.2) is 54.0 Å². The number of ether oxygens (including phenoxy) is 1. The Morgan fingerprint density at radius 1 is 1.25 bits per heavy atom. The van der Waals surface area contributed by atoms with Gasteiger partial charge in [-0.05, 0) is 32.0 Å². The van der Waals surface area contributed by atoms with E-state index in [9.17, 15) is 5.11 Å². The van der Waals surface area contributed by atoms with Crippen molar-refractivity contribution < 1.29 is 14.3 Å². The summed E-state index contributed by atoms with van der Waals surface area (Å²) in [7, 11) is 4.25. The summed E-state index contributed by atoms with van der Waals surface area (Å²) in [5, 5.41) is 11.2. The zero-order valence-electron chi connectivity index (χ0n) is 12.8. The summed E-state index contributed by atoms with van der Waals surface area (Å²) in [6.07, 6.45) is 1.42. The number of likely N-dealkylation sites (N-methyl/N-ethyl adjacent to an activating group) is 1. The summed E-state index contributed by atoms with van der Waals surface area (Å²) < 4.78 is 6.56. The van der Waals surface area contributed by atoms with Gasteiger partial charge >= 0.3 is 0 Å². The number of hydrogen-bond donors (Lipinski definition) is 2. The lowest BCUT2D eigenvalue weighted by molar-refractivity contribution is -0.914. The molecule has 1 atom stereocenters. The molecular weight excluding hydrogens is 252 g/mol. The van der Waals surface area contributed by atoms with Gasteiger partial charge in [0.2, 0.25) is 0 Å². The largest absolute Gasteiger partial charge is 0.490 e. The van der Waals surface area contributed by atoms with Crippen molar-refractivity contribution in [1.29, 1.82) is 0 Å². The predicted molar refractivity (Wildman–Crippen MR) is 81.9 cm³/mol. The van der Waals surface area contributed by atoms with Crippen LogP contribution in [0.15, 0.2) is 30.5 Å². The number of aromatic nitrogens is 1. The number of aliphatic hydroxyl groups is 1. The maximum Gasteiger partial charge on any atom is 0.137 e. The Morgan fingerprint density at radius 3 is 2.70 bits per heavy atom. The number of H-pyrrole nitrogens is 1. The van der Waals surface area contributed by atoms with Gasteiger partial charge in [-0.25, -0.2) is 0 Å². The molecule has 1 aromatic heterocycles. The molecule has 0 aliphatic heterocycles. The van der Waals surface area contributed by atoms with E-state index in [4.69, 9.17) is 4.74 Å². The van der Waals surface area contributed by atoms with Crippen LogP contribution in [0, 0.1) is 0 Å². The van der Waals surface area contributed by atoms with E-state index in [1.807, 2.05) is 30.5 Å². The van der Waals surface area contributed by atoms with Crippen LogP contribution >= 0.6 is 0 Å². The fraction of sp³-hybridized carbons (Fsp3) is 0.500. The van der Waals surface area contributed by atoms with E-state index >= 15 is 0 Å². The van der Waals surface area contributed by atoms with Crippen LogP contribution < -0.4 is 4.74 Å². The van der Waals surface area contributed by atoms with E-state index in [-0.39, 0.29) is 0 Å². The van der Waals surface area contributed by atoms with Crippen LogP contribution in [0.25, 0.3) is 10.9 Å². The van der Waals surface area contributed by atoms with Gasteiger partial charge in [-0.1, -0.05) is 6.07 Å². The number of hydrogen-bond acceptors (Lipinski definition) is 2. The Bertz CT molecular complexity index is 560. The molecule has 2 rings (SSSR count). The number of aliphatic hydroxyl groups excluding tert-OH is 1. The van der Waals surface area contributed by atoms with Crippen molar-refractivity contribution in [2.24, 2.45) is 0 Å². The van der Waals surface area contributed by atoms with Crippen LogP contribution in [0.5, 0.6) is 5.75 Å². The minimum absolute atomic E-state index is 0.318. The van der Waals surface area contributed by atoms with Gasteiger partial charge in [0, 0.05) is 17.1 Å². The lowest BCUT2D eigenvalue weighted by Gasteiger charge is -2.35. The summed E-state index contributed by atoms with van der Waals surface area (Å²) in [6, 6.07) is 8.36. The molecule has 4 nitrogen and oxygen atoms in total. The number of fused-ring (bicyclic) bond motifs is 1.